The molecule has 1 fully saturated rings. The number of H-pyrrole nitrogens is 1. The van der Waals surface area contributed by atoms with Crippen LogP contribution >= 0.6 is 0 Å². The van der Waals surface area contributed by atoms with Crippen LogP contribution in [0.1, 0.15) is 48.0 Å². The molecule has 25 heavy (non-hydrogen) atoms. The van der Waals surface area contributed by atoms with Gasteiger partial charge in [-0.3, -0.25) is 4.79 Å². The number of carbonyl (C=O) groups excluding carboxylic acids is 1. The highest BCUT2D eigenvalue weighted by Crippen LogP contribution is 2.67. The van der Waals surface area contributed by atoms with E-state index in [2.05, 4.69) is 55.3 Å². The molecule has 1 aliphatic rings. The Morgan fingerprint density at radius 1 is 1.24 bits per heavy atom. The third-order valence-electron chi connectivity index (χ3n) is 5.79. The first-order valence-corrected chi connectivity index (χ1v) is 8.89. The lowest BCUT2D eigenvalue weighted by atomic mass is 10.0. The molecule has 2 N–H and O–H groups in total. The van der Waals surface area contributed by atoms with Gasteiger partial charge in [-0.1, -0.05) is 32.0 Å². The topological polar surface area (TPSA) is 58.0 Å². The first-order valence-electron chi connectivity index (χ1n) is 8.89. The van der Waals surface area contributed by atoms with E-state index in [4.69, 9.17) is 4.42 Å². The summed E-state index contributed by atoms with van der Waals surface area (Å²) in [6.07, 6.45) is 2.50. The van der Waals surface area contributed by atoms with Gasteiger partial charge < -0.3 is 14.7 Å². The molecule has 1 aliphatic carbocycles. The highest BCUT2D eigenvalue weighted by Gasteiger charge is 2.58. The molecule has 4 heteroatoms. The number of aromatic nitrogens is 1. The predicted octanol–water partition coefficient (Wildman–Crippen LogP) is 4.63. The Morgan fingerprint density at radius 3 is 2.80 bits per heavy atom. The average Bonchev–Trinajstić information content (AvgIpc) is 3.00. The highest BCUT2D eigenvalue weighted by molar-refractivity contribution is 5.91. The van der Waals surface area contributed by atoms with Crippen LogP contribution in [0.15, 0.2) is 47.1 Å². The Balaban J connectivity index is 1.47. The van der Waals surface area contributed by atoms with Gasteiger partial charge in [-0.25, -0.2) is 0 Å². The molecule has 1 amide bonds. The first kappa shape index (κ1) is 16.0. The number of para-hydroxylation sites is 1. The van der Waals surface area contributed by atoms with Gasteiger partial charge in [-0.2, -0.15) is 0 Å². The molecule has 2 atom stereocenters. The van der Waals surface area contributed by atoms with Crippen molar-refractivity contribution in [2.24, 2.45) is 11.3 Å². The van der Waals surface area contributed by atoms with Crippen molar-refractivity contribution in [1.29, 1.82) is 0 Å². The van der Waals surface area contributed by atoms with Gasteiger partial charge in [-0.15, -0.1) is 0 Å². The zero-order valence-electron chi connectivity index (χ0n) is 14.9. The number of fused-ring (bicyclic) bond motifs is 1. The maximum atomic E-state index is 12.0. The molecular weight excluding hydrogens is 312 g/mol. The molecule has 2 aromatic heterocycles. The molecule has 1 aromatic carbocycles. The van der Waals surface area contributed by atoms with Crippen molar-refractivity contribution in [2.75, 3.05) is 6.54 Å². The summed E-state index contributed by atoms with van der Waals surface area (Å²) < 4.78 is 5.14. The second kappa shape index (κ2) is 5.80. The first-order chi connectivity index (χ1) is 12.0. The van der Waals surface area contributed by atoms with Crippen molar-refractivity contribution in [3.05, 3.63) is 59.7 Å². The van der Waals surface area contributed by atoms with Crippen LogP contribution in [0.5, 0.6) is 0 Å². The highest BCUT2D eigenvalue weighted by atomic mass is 16.3. The van der Waals surface area contributed by atoms with Crippen molar-refractivity contribution in [1.82, 2.24) is 10.3 Å². The molecule has 3 aromatic rings. The molecule has 2 heterocycles. The Hall–Kier alpha value is -2.49. The molecule has 0 radical (unpaired) electrons. The van der Waals surface area contributed by atoms with Gasteiger partial charge in [-0.05, 0) is 54.4 Å². The normalized spacial score (nSPS) is 21.4. The summed E-state index contributed by atoms with van der Waals surface area (Å²) in [5.74, 6) is 1.34. The van der Waals surface area contributed by atoms with Crippen molar-refractivity contribution >= 4 is 16.8 Å². The maximum absolute atomic E-state index is 12.0. The molecule has 0 unspecified atom stereocenters. The molecule has 4 rings (SSSR count). The fraction of sp³-hybridized carbons (Fsp3) is 0.381. The van der Waals surface area contributed by atoms with E-state index in [0.29, 0.717) is 24.1 Å². The molecule has 0 saturated heterocycles. The van der Waals surface area contributed by atoms with Gasteiger partial charge in [0.05, 0.1) is 6.26 Å². The molecule has 4 nitrogen and oxygen atoms in total. The molecule has 130 valence electrons. The third-order valence-corrected chi connectivity index (χ3v) is 5.79. The van der Waals surface area contributed by atoms with E-state index < -0.39 is 0 Å². The summed E-state index contributed by atoms with van der Waals surface area (Å²) >= 11 is 0. The van der Waals surface area contributed by atoms with Gasteiger partial charge in [0.1, 0.15) is 0 Å². The van der Waals surface area contributed by atoms with Crippen LogP contribution in [0.4, 0.5) is 0 Å². The standard InChI is InChI=1S/C21H24N2O2/c1-13-18(14-7-4-5-8-16(14)23-13)19-15(21(19,2)3)10-11-22-20(24)17-9-6-12-25-17/h4-9,12,15,19,23H,10-11H2,1-3H3,(H,22,24)/t15-,19-/m1/s1. The lowest BCUT2D eigenvalue weighted by Gasteiger charge is -2.04. The fourth-order valence-electron chi connectivity index (χ4n) is 4.39. The fourth-order valence-corrected chi connectivity index (χ4v) is 4.39. The van der Waals surface area contributed by atoms with Gasteiger partial charge in [0.25, 0.3) is 5.91 Å². The number of rotatable bonds is 5. The van der Waals surface area contributed by atoms with Gasteiger partial charge >= 0.3 is 0 Å². The van der Waals surface area contributed by atoms with E-state index in [1.165, 1.54) is 28.4 Å². The van der Waals surface area contributed by atoms with Gasteiger partial charge in [0.15, 0.2) is 5.76 Å². The van der Waals surface area contributed by atoms with Gasteiger partial charge in [0, 0.05) is 23.1 Å². The second-order valence-corrected chi connectivity index (χ2v) is 7.64. The minimum atomic E-state index is -0.136. The van der Waals surface area contributed by atoms with E-state index in [1.54, 1.807) is 12.1 Å². The van der Waals surface area contributed by atoms with Crippen LogP contribution in [-0.2, 0) is 0 Å². The van der Waals surface area contributed by atoms with Gasteiger partial charge in [0.2, 0.25) is 0 Å². The van der Waals surface area contributed by atoms with Crippen LogP contribution < -0.4 is 5.32 Å². The van der Waals surface area contributed by atoms with E-state index in [1.807, 2.05) is 0 Å². The van der Waals surface area contributed by atoms with Crippen LogP contribution in [0.3, 0.4) is 0 Å². The van der Waals surface area contributed by atoms with Crippen LogP contribution in [-0.4, -0.2) is 17.4 Å². The molecule has 1 saturated carbocycles. The van der Waals surface area contributed by atoms with Crippen molar-refractivity contribution in [3.63, 3.8) is 0 Å². The largest absolute Gasteiger partial charge is 0.459 e. The van der Waals surface area contributed by atoms with Crippen LogP contribution in [0, 0.1) is 18.3 Å². The summed E-state index contributed by atoms with van der Waals surface area (Å²) in [5.41, 5.74) is 4.18. The molecule has 0 spiro atoms. The van der Waals surface area contributed by atoms with Crippen molar-refractivity contribution < 1.29 is 9.21 Å². The number of benzene rings is 1. The Labute approximate surface area is 147 Å². The Bertz CT molecular complexity index is 905. The molecule has 0 aliphatic heterocycles. The Morgan fingerprint density at radius 2 is 2.04 bits per heavy atom. The smallest absolute Gasteiger partial charge is 0.286 e. The summed E-state index contributed by atoms with van der Waals surface area (Å²) in [5, 5.41) is 4.30. The maximum Gasteiger partial charge on any atom is 0.286 e. The van der Waals surface area contributed by atoms with E-state index in [0.717, 1.165) is 6.42 Å². The molecule has 0 bridgehead atoms. The summed E-state index contributed by atoms with van der Waals surface area (Å²) in [6.45, 7) is 7.50. The number of aromatic amines is 1. The lowest BCUT2D eigenvalue weighted by Crippen LogP contribution is -2.24. The second-order valence-electron chi connectivity index (χ2n) is 7.64. The minimum Gasteiger partial charge on any atom is -0.459 e. The molecular formula is C21H24N2O2. The van der Waals surface area contributed by atoms with Crippen LogP contribution in [0.2, 0.25) is 0 Å². The third kappa shape index (κ3) is 2.66. The monoisotopic (exact) mass is 336 g/mol. The quantitative estimate of drug-likeness (QED) is 0.714. The average molecular weight is 336 g/mol. The minimum absolute atomic E-state index is 0.136. The summed E-state index contributed by atoms with van der Waals surface area (Å²) in [6, 6.07) is 11.9. The van der Waals surface area contributed by atoms with Crippen molar-refractivity contribution in [3.8, 4) is 0 Å². The van der Waals surface area contributed by atoms with E-state index >= 15 is 0 Å². The van der Waals surface area contributed by atoms with Crippen LogP contribution in [0.25, 0.3) is 10.9 Å². The summed E-state index contributed by atoms with van der Waals surface area (Å²) in [4.78, 5) is 15.5. The number of carbonyl (C=O) groups is 1. The number of nitrogens with one attached hydrogen (secondary N) is 2. The number of hydrogen-bond acceptors (Lipinski definition) is 2. The lowest BCUT2D eigenvalue weighted by molar-refractivity contribution is 0.0924. The van der Waals surface area contributed by atoms with Crippen molar-refractivity contribution in [2.45, 2.75) is 33.1 Å². The SMILES string of the molecule is Cc1[nH]c2ccccc2c1[C@H]1[C@@H](CCNC(=O)c2ccco2)C1(C)C. The number of aryl methyl sites for hydroxylation is 1. The zero-order chi connectivity index (χ0) is 17.6. The van der Waals surface area contributed by atoms with E-state index in [-0.39, 0.29) is 11.3 Å². The number of furan rings is 1. The predicted molar refractivity (Wildman–Crippen MR) is 98.7 cm³/mol. The summed E-state index contributed by atoms with van der Waals surface area (Å²) in [7, 11) is 0. The number of hydrogen-bond donors (Lipinski definition) is 2. The Kier molecular flexibility index (Phi) is 3.71. The number of amides is 1. The zero-order valence-corrected chi connectivity index (χ0v) is 14.9. The van der Waals surface area contributed by atoms with E-state index in [9.17, 15) is 4.79 Å².